The molecule has 1 aromatic heterocycles. The van der Waals surface area contributed by atoms with Gasteiger partial charge in [0.1, 0.15) is 5.75 Å². The smallest absolute Gasteiger partial charge is 0.255 e. The highest BCUT2D eigenvalue weighted by Crippen LogP contribution is 2.30. The average Bonchev–Trinajstić information content (AvgIpc) is 2.72. The number of nitrogens with one attached hydrogen (secondary N) is 1. The van der Waals surface area contributed by atoms with Gasteiger partial charge in [-0.15, -0.1) is 0 Å². The molecule has 0 fully saturated rings. The molecule has 28 heavy (non-hydrogen) atoms. The molecule has 5 nitrogen and oxygen atoms in total. The molecule has 0 aliphatic heterocycles. The Hall–Kier alpha value is -3.05. The summed E-state index contributed by atoms with van der Waals surface area (Å²) in [5.74, 6) is 0.584. The Morgan fingerprint density at radius 3 is 2.64 bits per heavy atom. The Balaban J connectivity index is 1.80. The van der Waals surface area contributed by atoms with Gasteiger partial charge in [-0.3, -0.25) is 9.78 Å². The van der Waals surface area contributed by atoms with Crippen LogP contribution >= 0.6 is 11.6 Å². The van der Waals surface area contributed by atoms with Crippen molar-refractivity contribution in [3.05, 3.63) is 83.1 Å². The number of hydrogen-bond donors (Lipinski definition) is 1. The SMILES string of the molecule is CCN(Cc1ccccc1)C(=O)c1cncc(Nc2cc(Cl)ccc2OC)c1. The first kappa shape index (κ1) is 19.7. The minimum absolute atomic E-state index is 0.0689. The molecule has 0 unspecified atom stereocenters. The Bertz CT molecular complexity index is 948. The molecule has 0 saturated heterocycles. The minimum atomic E-state index is -0.0689. The van der Waals surface area contributed by atoms with Crippen molar-refractivity contribution in [3.63, 3.8) is 0 Å². The monoisotopic (exact) mass is 395 g/mol. The summed E-state index contributed by atoms with van der Waals surface area (Å²) in [6, 6.07) is 17.0. The van der Waals surface area contributed by atoms with Gasteiger partial charge in [-0.2, -0.15) is 0 Å². The number of aromatic nitrogens is 1. The summed E-state index contributed by atoms with van der Waals surface area (Å²) < 4.78 is 5.36. The van der Waals surface area contributed by atoms with Crippen LogP contribution < -0.4 is 10.1 Å². The van der Waals surface area contributed by atoms with Crippen LogP contribution in [-0.2, 0) is 6.54 Å². The van der Waals surface area contributed by atoms with Gasteiger partial charge >= 0.3 is 0 Å². The Labute approximate surface area is 169 Å². The maximum Gasteiger partial charge on any atom is 0.255 e. The fourth-order valence-electron chi connectivity index (χ4n) is 2.87. The van der Waals surface area contributed by atoms with Crippen LogP contribution in [0.5, 0.6) is 5.75 Å². The number of nitrogens with zero attached hydrogens (tertiary/aromatic N) is 2. The van der Waals surface area contributed by atoms with Crippen LogP contribution in [0.2, 0.25) is 5.02 Å². The van der Waals surface area contributed by atoms with E-state index in [1.54, 1.807) is 48.7 Å². The first-order valence-electron chi connectivity index (χ1n) is 8.99. The van der Waals surface area contributed by atoms with E-state index in [-0.39, 0.29) is 5.91 Å². The van der Waals surface area contributed by atoms with E-state index < -0.39 is 0 Å². The number of methoxy groups -OCH3 is 1. The number of benzene rings is 2. The molecule has 144 valence electrons. The average molecular weight is 396 g/mol. The highest BCUT2D eigenvalue weighted by Gasteiger charge is 2.16. The van der Waals surface area contributed by atoms with E-state index in [9.17, 15) is 4.79 Å². The number of amides is 1. The maximum absolute atomic E-state index is 13.0. The largest absolute Gasteiger partial charge is 0.495 e. The Kier molecular flexibility index (Phi) is 6.50. The lowest BCUT2D eigenvalue weighted by Crippen LogP contribution is -2.30. The lowest BCUT2D eigenvalue weighted by atomic mass is 10.1. The quantitative estimate of drug-likeness (QED) is 0.601. The summed E-state index contributed by atoms with van der Waals surface area (Å²) in [4.78, 5) is 19.0. The first-order chi connectivity index (χ1) is 13.6. The second kappa shape index (κ2) is 9.24. The van der Waals surface area contributed by atoms with Crippen molar-refractivity contribution >= 4 is 28.9 Å². The number of ether oxygens (including phenoxy) is 1. The molecular formula is C22H22ClN3O2. The van der Waals surface area contributed by atoms with Crippen molar-refractivity contribution in [1.29, 1.82) is 0 Å². The zero-order chi connectivity index (χ0) is 19.9. The third-order valence-electron chi connectivity index (χ3n) is 4.31. The summed E-state index contributed by atoms with van der Waals surface area (Å²) in [6.45, 7) is 3.12. The molecule has 0 radical (unpaired) electrons. The molecule has 6 heteroatoms. The molecule has 0 aliphatic carbocycles. The Morgan fingerprint density at radius 2 is 1.93 bits per heavy atom. The molecule has 1 heterocycles. The molecule has 0 saturated carbocycles. The minimum Gasteiger partial charge on any atom is -0.495 e. The van der Waals surface area contributed by atoms with Crippen LogP contribution in [0.25, 0.3) is 0 Å². The van der Waals surface area contributed by atoms with Crippen LogP contribution in [-0.4, -0.2) is 29.4 Å². The molecule has 2 aromatic carbocycles. The third-order valence-corrected chi connectivity index (χ3v) is 4.55. The summed E-state index contributed by atoms with van der Waals surface area (Å²) in [7, 11) is 1.59. The topological polar surface area (TPSA) is 54.5 Å². The van der Waals surface area contributed by atoms with Gasteiger partial charge in [0.15, 0.2) is 0 Å². The van der Waals surface area contributed by atoms with E-state index in [0.717, 1.165) is 5.56 Å². The van der Waals surface area contributed by atoms with Crippen molar-refractivity contribution in [2.24, 2.45) is 0 Å². The first-order valence-corrected chi connectivity index (χ1v) is 9.37. The van der Waals surface area contributed by atoms with Gasteiger partial charge in [-0.05, 0) is 36.8 Å². The summed E-state index contributed by atoms with van der Waals surface area (Å²) in [6.07, 6.45) is 3.24. The molecule has 0 aliphatic rings. The zero-order valence-corrected chi connectivity index (χ0v) is 16.6. The fraction of sp³-hybridized carbons (Fsp3) is 0.182. The van der Waals surface area contributed by atoms with Gasteiger partial charge in [0, 0.05) is 24.3 Å². The normalized spacial score (nSPS) is 10.4. The van der Waals surface area contributed by atoms with Gasteiger partial charge in [-0.25, -0.2) is 0 Å². The second-order valence-electron chi connectivity index (χ2n) is 6.24. The number of carbonyl (C=O) groups excluding carboxylic acids is 1. The predicted molar refractivity (Wildman–Crippen MR) is 112 cm³/mol. The van der Waals surface area contributed by atoms with E-state index in [2.05, 4.69) is 10.3 Å². The van der Waals surface area contributed by atoms with Gasteiger partial charge in [0.25, 0.3) is 5.91 Å². The van der Waals surface area contributed by atoms with Gasteiger partial charge in [-0.1, -0.05) is 41.9 Å². The number of rotatable bonds is 7. The van der Waals surface area contributed by atoms with Crippen molar-refractivity contribution < 1.29 is 9.53 Å². The number of anilines is 2. The molecule has 3 rings (SSSR count). The lowest BCUT2D eigenvalue weighted by Gasteiger charge is -2.21. The van der Waals surface area contributed by atoms with Gasteiger partial charge < -0.3 is 15.0 Å². The van der Waals surface area contributed by atoms with Gasteiger partial charge in [0.2, 0.25) is 0 Å². The molecule has 0 spiro atoms. The number of carbonyl (C=O) groups is 1. The predicted octanol–water partition coefficient (Wildman–Crippen LogP) is 5.15. The van der Waals surface area contributed by atoms with E-state index >= 15 is 0 Å². The Morgan fingerprint density at radius 1 is 1.14 bits per heavy atom. The van der Waals surface area contributed by atoms with Crippen molar-refractivity contribution in [2.75, 3.05) is 19.0 Å². The van der Waals surface area contributed by atoms with Crippen LogP contribution in [0.4, 0.5) is 11.4 Å². The van der Waals surface area contributed by atoms with Crippen LogP contribution in [0, 0.1) is 0 Å². The third kappa shape index (κ3) is 4.81. The van der Waals surface area contributed by atoms with E-state index in [4.69, 9.17) is 16.3 Å². The molecule has 1 N–H and O–H groups in total. The zero-order valence-electron chi connectivity index (χ0n) is 15.9. The highest BCUT2D eigenvalue weighted by atomic mass is 35.5. The lowest BCUT2D eigenvalue weighted by molar-refractivity contribution is 0.0752. The standard InChI is InChI=1S/C22H22ClN3O2/c1-3-26(15-16-7-5-4-6-8-16)22(27)17-11-19(14-24-13-17)25-20-12-18(23)9-10-21(20)28-2/h4-14,25H,3,15H2,1-2H3. The van der Waals surface area contributed by atoms with Crippen LogP contribution in [0.1, 0.15) is 22.8 Å². The maximum atomic E-state index is 13.0. The van der Waals surface area contributed by atoms with Gasteiger partial charge in [0.05, 0.1) is 30.2 Å². The summed E-state index contributed by atoms with van der Waals surface area (Å²) in [5, 5.41) is 3.81. The van der Waals surface area contributed by atoms with E-state index in [1.165, 1.54) is 0 Å². The molecule has 0 bridgehead atoms. The van der Waals surface area contributed by atoms with E-state index in [0.29, 0.717) is 40.8 Å². The molecular weight excluding hydrogens is 374 g/mol. The van der Waals surface area contributed by atoms with Crippen molar-refractivity contribution in [1.82, 2.24) is 9.88 Å². The van der Waals surface area contributed by atoms with Crippen molar-refractivity contribution in [2.45, 2.75) is 13.5 Å². The summed E-state index contributed by atoms with van der Waals surface area (Å²) >= 11 is 6.09. The number of pyridine rings is 1. The van der Waals surface area contributed by atoms with Crippen LogP contribution in [0.3, 0.4) is 0 Å². The van der Waals surface area contributed by atoms with E-state index in [1.807, 2.05) is 37.3 Å². The molecule has 1 amide bonds. The fourth-order valence-corrected chi connectivity index (χ4v) is 3.04. The second-order valence-corrected chi connectivity index (χ2v) is 6.67. The van der Waals surface area contributed by atoms with Crippen molar-refractivity contribution in [3.8, 4) is 5.75 Å². The van der Waals surface area contributed by atoms with Crippen LogP contribution in [0.15, 0.2) is 67.0 Å². The number of halogens is 1. The molecule has 0 atom stereocenters. The molecule has 3 aromatic rings. The summed E-state index contributed by atoms with van der Waals surface area (Å²) in [5.41, 5.74) is 2.99. The highest BCUT2D eigenvalue weighted by molar-refractivity contribution is 6.31. The number of hydrogen-bond acceptors (Lipinski definition) is 4.